The third-order valence-corrected chi connectivity index (χ3v) is 9.90. The zero-order chi connectivity index (χ0) is 44.4. The van der Waals surface area contributed by atoms with Crippen molar-refractivity contribution in [2.45, 2.75) is 207 Å². The lowest BCUT2D eigenvalue weighted by Crippen LogP contribution is -2.30. The third-order valence-electron chi connectivity index (χ3n) is 9.90. The Morgan fingerprint density at radius 2 is 0.689 bits per heavy atom. The highest BCUT2D eigenvalue weighted by atomic mass is 16.6. The molecule has 1 atom stereocenters. The largest absolute Gasteiger partial charge is 0.462 e. The average Bonchev–Trinajstić information content (AvgIpc) is 3.26. The number of carbonyl (C=O) groups is 3. The Kier molecular flexibility index (Phi) is 45.6. The van der Waals surface area contributed by atoms with Crippen molar-refractivity contribution in [2.24, 2.45) is 0 Å². The highest BCUT2D eigenvalue weighted by Crippen LogP contribution is 2.13. The summed E-state index contributed by atoms with van der Waals surface area (Å²) in [6.45, 7) is 6.32. The smallest absolute Gasteiger partial charge is 0.306 e. The highest BCUT2D eigenvalue weighted by Gasteiger charge is 2.19. The van der Waals surface area contributed by atoms with E-state index < -0.39 is 6.10 Å². The molecule has 61 heavy (non-hydrogen) atoms. The van der Waals surface area contributed by atoms with Gasteiger partial charge in [0.2, 0.25) is 0 Å². The molecule has 0 aliphatic heterocycles. The van der Waals surface area contributed by atoms with E-state index in [2.05, 4.69) is 87.6 Å². The molecule has 0 spiro atoms. The predicted molar refractivity (Wildman–Crippen MR) is 260 cm³/mol. The molecule has 0 saturated heterocycles. The Morgan fingerprint density at radius 1 is 0.344 bits per heavy atom. The molecule has 0 aliphatic carbocycles. The van der Waals surface area contributed by atoms with Crippen molar-refractivity contribution in [1.82, 2.24) is 0 Å². The molecule has 0 saturated carbocycles. The first-order valence-electron chi connectivity index (χ1n) is 24.5. The van der Waals surface area contributed by atoms with E-state index in [0.29, 0.717) is 19.3 Å². The van der Waals surface area contributed by atoms with Crippen LogP contribution in [-0.2, 0) is 28.6 Å². The second kappa shape index (κ2) is 48.7. The number of allylic oxidation sites excluding steroid dienone is 18. The van der Waals surface area contributed by atoms with Gasteiger partial charge in [-0.25, -0.2) is 0 Å². The van der Waals surface area contributed by atoms with Gasteiger partial charge in [-0.05, 0) is 83.5 Å². The van der Waals surface area contributed by atoms with Gasteiger partial charge in [-0.2, -0.15) is 0 Å². The Balaban J connectivity index is 4.49. The van der Waals surface area contributed by atoms with Gasteiger partial charge in [0, 0.05) is 19.3 Å². The van der Waals surface area contributed by atoms with Crippen molar-refractivity contribution in [2.75, 3.05) is 13.2 Å². The van der Waals surface area contributed by atoms with Gasteiger partial charge in [-0.15, -0.1) is 0 Å². The maximum absolute atomic E-state index is 12.8. The van der Waals surface area contributed by atoms with E-state index in [1.54, 1.807) is 0 Å². The SMILES string of the molecule is CC\C=C/C=C\C=C/CCCCCCCC(=O)OC(COC(=O)CCCCCCC\C=C/C=C\C=C/C=C\C=C/CCC)COC(=O)CCCCCCC/C=C\CCCCC. The summed E-state index contributed by atoms with van der Waals surface area (Å²) >= 11 is 0. The number of hydrogen-bond acceptors (Lipinski definition) is 6. The molecule has 0 fully saturated rings. The summed E-state index contributed by atoms with van der Waals surface area (Å²) < 4.78 is 16.7. The number of unbranched alkanes of at least 4 members (excludes halogenated alkanes) is 19. The number of rotatable bonds is 42. The second-order valence-electron chi connectivity index (χ2n) is 15.8. The summed E-state index contributed by atoms with van der Waals surface area (Å²) in [5, 5.41) is 0. The van der Waals surface area contributed by atoms with E-state index in [9.17, 15) is 14.4 Å². The lowest BCUT2D eigenvalue weighted by atomic mass is 10.1. The summed E-state index contributed by atoms with van der Waals surface area (Å²) in [6.07, 6.45) is 64.9. The maximum atomic E-state index is 12.8. The molecule has 0 amide bonds. The number of carbonyl (C=O) groups excluding carboxylic acids is 3. The molecule has 0 aromatic carbocycles. The van der Waals surface area contributed by atoms with Gasteiger partial charge >= 0.3 is 17.9 Å². The Bertz CT molecular complexity index is 1290. The number of esters is 3. The standard InChI is InChI=1S/C55H88O6/c1-4-7-10-13-16-19-22-25-26-27-28-29-31-33-36-39-42-45-48-54(57)60-51-52(50-59-53(56)47-44-41-38-35-32-24-21-18-15-12-9-6-3)61-55(58)49-46-43-40-37-34-30-23-20-17-14-11-8-5-2/h8,10-11,13-14,16-23,25-29,52H,4-7,9,12,15,24,30-51H2,1-3H3/b11-8-,13-10-,17-14-,19-16-,21-18-,23-20-,25-22-,27-26-,29-28-. The summed E-state index contributed by atoms with van der Waals surface area (Å²) in [4.78, 5) is 37.9. The van der Waals surface area contributed by atoms with Crippen molar-refractivity contribution in [3.8, 4) is 0 Å². The van der Waals surface area contributed by atoms with Crippen LogP contribution in [0.1, 0.15) is 201 Å². The first-order chi connectivity index (χ1) is 30.0. The molecule has 1 unspecified atom stereocenters. The zero-order valence-electron chi connectivity index (χ0n) is 39.1. The minimum Gasteiger partial charge on any atom is -0.462 e. The van der Waals surface area contributed by atoms with Gasteiger partial charge in [0.15, 0.2) is 6.10 Å². The molecule has 6 nitrogen and oxygen atoms in total. The van der Waals surface area contributed by atoms with E-state index in [-0.39, 0.29) is 31.1 Å². The minimum atomic E-state index is -0.803. The first kappa shape index (κ1) is 57.1. The first-order valence-corrected chi connectivity index (χ1v) is 24.5. The lowest BCUT2D eigenvalue weighted by Gasteiger charge is -2.18. The van der Waals surface area contributed by atoms with Crippen molar-refractivity contribution in [3.63, 3.8) is 0 Å². The molecular formula is C55H88O6. The molecule has 0 aliphatic rings. The van der Waals surface area contributed by atoms with Crippen LogP contribution in [0.15, 0.2) is 109 Å². The van der Waals surface area contributed by atoms with Gasteiger partial charge in [0.1, 0.15) is 13.2 Å². The Morgan fingerprint density at radius 3 is 1.11 bits per heavy atom. The van der Waals surface area contributed by atoms with Crippen LogP contribution in [0.3, 0.4) is 0 Å². The topological polar surface area (TPSA) is 78.9 Å². The van der Waals surface area contributed by atoms with Gasteiger partial charge in [-0.1, -0.05) is 207 Å². The fourth-order valence-electron chi connectivity index (χ4n) is 6.23. The van der Waals surface area contributed by atoms with Crippen LogP contribution in [0.4, 0.5) is 0 Å². The van der Waals surface area contributed by atoms with Gasteiger partial charge < -0.3 is 14.2 Å². The van der Waals surface area contributed by atoms with Crippen LogP contribution >= 0.6 is 0 Å². The Hall–Kier alpha value is -3.93. The van der Waals surface area contributed by atoms with Crippen LogP contribution < -0.4 is 0 Å². The van der Waals surface area contributed by atoms with Crippen LogP contribution in [0, 0.1) is 0 Å². The molecule has 0 heterocycles. The molecule has 6 heteroatoms. The molecule has 0 N–H and O–H groups in total. The van der Waals surface area contributed by atoms with Gasteiger partial charge in [0.05, 0.1) is 0 Å². The average molecular weight is 845 g/mol. The van der Waals surface area contributed by atoms with Crippen LogP contribution in [0.5, 0.6) is 0 Å². The van der Waals surface area contributed by atoms with E-state index in [0.717, 1.165) is 122 Å². The van der Waals surface area contributed by atoms with Gasteiger partial charge in [-0.3, -0.25) is 14.4 Å². The number of ether oxygens (including phenoxy) is 3. The van der Waals surface area contributed by atoms with Crippen molar-refractivity contribution in [3.05, 3.63) is 109 Å². The van der Waals surface area contributed by atoms with Crippen LogP contribution in [-0.4, -0.2) is 37.2 Å². The van der Waals surface area contributed by atoms with Crippen LogP contribution in [0.25, 0.3) is 0 Å². The molecule has 344 valence electrons. The molecule has 0 rings (SSSR count). The van der Waals surface area contributed by atoms with Gasteiger partial charge in [0.25, 0.3) is 0 Å². The van der Waals surface area contributed by atoms with E-state index in [1.807, 2.05) is 42.5 Å². The fraction of sp³-hybridized carbons (Fsp3) is 0.618. The van der Waals surface area contributed by atoms with E-state index >= 15 is 0 Å². The molecule has 0 aromatic rings. The van der Waals surface area contributed by atoms with Crippen molar-refractivity contribution >= 4 is 17.9 Å². The highest BCUT2D eigenvalue weighted by molar-refractivity contribution is 5.71. The fourth-order valence-corrected chi connectivity index (χ4v) is 6.23. The number of hydrogen-bond donors (Lipinski definition) is 0. The molecule has 0 bridgehead atoms. The normalized spacial score (nSPS) is 13.0. The Labute approximate surface area is 374 Å². The van der Waals surface area contributed by atoms with Crippen molar-refractivity contribution in [1.29, 1.82) is 0 Å². The van der Waals surface area contributed by atoms with E-state index in [4.69, 9.17) is 14.2 Å². The molecule has 0 aromatic heterocycles. The quantitative estimate of drug-likeness (QED) is 0.0200. The monoisotopic (exact) mass is 845 g/mol. The van der Waals surface area contributed by atoms with Crippen LogP contribution in [0.2, 0.25) is 0 Å². The maximum Gasteiger partial charge on any atom is 0.306 e. The molecule has 0 radical (unpaired) electrons. The third kappa shape index (κ3) is 47.0. The van der Waals surface area contributed by atoms with Crippen molar-refractivity contribution < 1.29 is 28.6 Å². The summed E-state index contributed by atoms with van der Waals surface area (Å²) in [7, 11) is 0. The summed E-state index contributed by atoms with van der Waals surface area (Å²) in [6, 6.07) is 0. The second-order valence-corrected chi connectivity index (χ2v) is 15.8. The zero-order valence-corrected chi connectivity index (χ0v) is 39.1. The molecular weight excluding hydrogens is 757 g/mol. The summed E-state index contributed by atoms with van der Waals surface area (Å²) in [5.41, 5.74) is 0. The summed E-state index contributed by atoms with van der Waals surface area (Å²) in [5.74, 6) is -0.966. The van der Waals surface area contributed by atoms with E-state index in [1.165, 1.54) is 38.5 Å². The lowest BCUT2D eigenvalue weighted by molar-refractivity contribution is -0.167. The predicted octanol–water partition coefficient (Wildman–Crippen LogP) is 16.0. The minimum absolute atomic E-state index is 0.102.